The fourth-order valence-electron chi connectivity index (χ4n) is 3.05. The molecule has 0 amide bonds. The summed E-state index contributed by atoms with van der Waals surface area (Å²) in [5, 5.41) is 24.8. The number of hydrogen-bond acceptors (Lipinski definition) is 2. The number of phenolic OH excluding ortho intramolecular Hbond substituents is 2. The van der Waals surface area contributed by atoms with Crippen LogP contribution in [0.1, 0.15) is 0 Å². The topological polar surface area (TPSA) is 40.5 Å². The van der Waals surface area contributed by atoms with E-state index in [0.717, 1.165) is 21.5 Å². The molecule has 4 aromatic rings. The fourth-order valence-corrected chi connectivity index (χ4v) is 3.05. The second kappa shape index (κ2) is 8.31. The maximum absolute atomic E-state index is 10.4. The molecule has 0 aliphatic rings. The van der Waals surface area contributed by atoms with Crippen molar-refractivity contribution in [2.24, 2.45) is 0 Å². The van der Waals surface area contributed by atoms with Crippen molar-refractivity contribution in [3.8, 4) is 22.6 Å². The van der Waals surface area contributed by atoms with E-state index < -0.39 is 0 Å². The van der Waals surface area contributed by atoms with Gasteiger partial charge in [-0.2, -0.15) is 0 Å². The average Bonchev–Trinajstić information content (AvgIpc) is 2.56. The van der Waals surface area contributed by atoms with Crippen LogP contribution in [0.25, 0.3) is 32.7 Å². The molecule has 0 saturated heterocycles. The Hall–Kier alpha value is -2.12. The van der Waals surface area contributed by atoms with Crippen molar-refractivity contribution < 1.29 is 36.4 Å². The summed E-state index contributed by atoms with van der Waals surface area (Å²) in [4.78, 5) is 0. The molecule has 4 aromatic carbocycles. The van der Waals surface area contributed by atoms with Crippen LogP contribution in [0.2, 0.25) is 0 Å². The molecule has 0 saturated carbocycles. The second-order valence-electron chi connectivity index (χ2n) is 5.36. The third-order valence-electron chi connectivity index (χ3n) is 4.06. The number of hydrogen-bond donors (Lipinski definition) is 2. The van der Waals surface area contributed by atoms with Gasteiger partial charge in [-0.25, -0.2) is 0 Å². The Kier molecular flexibility index (Phi) is 6.96. The van der Waals surface area contributed by atoms with Crippen LogP contribution >= 0.6 is 0 Å². The van der Waals surface area contributed by atoms with E-state index in [1.807, 2.05) is 60.7 Å². The zero-order valence-corrected chi connectivity index (χ0v) is 16.8. The quantitative estimate of drug-likeness (QED) is 0.382. The molecule has 0 unspecified atom stereocenters. The predicted octanol–water partition coefficient (Wildman–Crippen LogP) is 5.97. The summed E-state index contributed by atoms with van der Waals surface area (Å²) < 4.78 is 0. The largest absolute Gasteiger partial charge is 2.00 e. The van der Waals surface area contributed by atoms with E-state index in [2.05, 4.69) is 0 Å². The minimum atomic E-state index is 0. The third kappa shape index (κ3) is 3.48. The minimum Gasteiger partial charge on any atom is -0.507 e. The maximum atomic E-state index is 10.4. The molecule has 25 heavy (non-hydrogen) atoms. The van der Waals surface area contributed by atoms with Gasteiger partial charge >= 0.3 is 26.2 Å². The van der Waals surface area contributed by atoms with Crippen LogP contribution < -0.4 is 0 Å². The Balaban J connectivity index is 0.00000104. The van der Waals surface area contributed by atoms with Crippen molar-refractivity contribution in [3.63, 3.8) is 0 Å². The molecular formula is C22H20O2Zr. The van der Waals surface area contributed by atoms with Gasteiger partial charge in [0, 0.05) is 11.1 Å². The van der Waals surface area contributed by atoms with Crippen LogP contribution in [-0.4, -0.2) is 10.2 Å². The van der Waals surface area contributed by atoms with Gasteiger partial charge in [0.2, 0.25) is 0 Å². The molecular weight excluding hydrogens is 387 g/mol. The van der Waals surface area contributed by atoms with Gasteiger partial charge in [-0.15, -0.1) is 0 Å². The number of rotatable bonds is 1. The van der Waals surface area contributed by atoms with Crippen LogP contribution in [0.15, 0.2) is 72.8 Å². The summed E-state index contributed by atoms with van der Waals surface area (Å²) in [5.74, 6) is 0.343. The van der Waals surface area contributed by atoms with Gasteiger partial charge in [-0.05, 0) is 33.7 Å². The maximum Gasteiger partial charge on any atom is 2.00 e. The summed E-state index contributed by atoms with van der Waals surface area (Å²) in [6, 6.07) is 22.9. The van der Waals surface area contributed by atoms with Crippen LogP contribution in [0.4, 0.5) is 0 Å². The van der Waals surface area contributed by atoms with Gasteiger partial charge < -0.3 is 25.1 Å². The molecule has 0 radical (unpaired) electrons. The summed E-state index contributed by atoms with van der Waals surface area (Å²) in [6.07, 6.45) is 0. The number of benzene rings is 4. The first-order chi connectivity index (χ1) is 10.8. The first-order valence-corrected chi connectivity index (χ1v) is 7.17. The fraction of sp³-hybridized carbons (Fsp3) is 0. The van der Waals surface area contributed by atoms with Crippen molar-refractivity contribution in [3.05, 3.63) is 87.6 Å². The Labute approximate surface area is 167 Å². The van der Waals surface area contributed by atoms with Crippen LogP contribution in [0.5, 0.6) is 11.5 Å². The molecule has 0 fully saturated rings. The average molecular weight is 408 g/mol. The Morgan fingerprint density at radius 3 is 1.24 bits per heavy atom. The van der Waals surface area contributed by atoms with E-state index in [4.69, 9.17) is 0 Å². The molecule has 0 aromatic heterocycles. The molecule has 2 nitrogen and oxygen atoms in total. The SMILES string of the molecule is Oc1ccc2ccccc2c1-c1c(O)ccc2ccccc12.[CH3-].[CH3-].[Zr+2]. The number of fused-ring (bicyclic) bond motifs is 2. The molecule has 0 bridgehead atoms. The molecule has 124 valence electrons. The smallest absolute Gasteiger partial charge is 0.507 e. The third-order valence-corrected chi connectivity index (χ3v) is 4.06. The molecule has 0 spiro atoms. The molecule has 0 heterocycles. The van der Waals surface area contributed by atoms with Gasteiger partial charge in [0.05, 0.1) is 0 Å². The molecule has 0 aliphatic heterocycles. The van der Waals surface area contributed by atoms with E-state index in [9.17, 15) is 10.2 Å². The van der Waals surface area contributed by atoms with E-state index in [1.165, 1.54) is 0 Å². The van der Waals surface area contributed by atoms with Gasteiger partial charge in [0.15, 0.2) is 0 Å². The Bertz CT molecular complexity index is 926. The van der Waals surface area contributed by atoms with E-state index in [1.54, 1.807) is 12.1 Å². The Morgan fingerprint density at radius 2 is 0.840 bits per heavy atom. The predicted molar refractivity (Wildman–Crippen MR) is 103 cm³/mol. The van der Waals surface area contributed by atoms with Crippen LogP contribution in [-0.2, 0) is 26.2 Å². The summed E-state index contributed by atoms with van der Waals surface area (Å²) in [7, 11) is 0. The normalized spacial score (nSPS) is 9.76. The zero-order chi connectivity index (χ0) is 15.1. The van der Waals surface area contributed by atoms with Crippen molar-refractivity contribution in [1.82, 2.24) is 0 Å². The van der Waals surface area contributed by atoms with Crippen molar-refractivity contribution in [2.75, 3.05) is 0 Å². The summed E-state index contributed by atoms with van der Waals surface area (Å²) in [6.45, 7) is 0. The van der Waals surface area contributed by atoms with Gasteiger partial charge in [0.1, 0.15) is 11.5 Å². The number of phenols is 2. The molecule has 0 atom stereocenters. The first kappa shape index (κ1) is 20.9. The monoisotopic (exact) mass is 406 g/mol. The van der Waals surface area contributed by atoms with E-state index in [-0.39, 0.29) is 52.6 Å². The number of aromatic hydroxyl groups is 2. The Morgan fingerprint density at radius 1 is 0.480 bits per heavy atom. The van der Waals surface area contributed by atoms with E-state index in [0.29, 0.717) is 11.1 Å². The summed E-state index contributed by atoms with van der Waals surface area (Å²) in [5.41, 5.74) is 1.35. The molecule has 4 rings (SSSR count). The second-order valence-corrected chi connectivity index (χ2v) is 5.36. The minimum absolute atomic E-state index is 0. The molecule has 3 heteroatoms. The van der Waals surface area contributed by atoms with Crippen molar-refractivity contribution in [2.45, 2.75) is 0 Å². The zero-order valence-electron chi connectivity index (χ0n) is 14.3. The first-order valence-electron chi connectivity index (χ1n) is 7.17. The van der Waals surface area contributed by atoms with Crippen LogP contribution in [0, 0.1) is 14.9 Å². The summed E-state index contributed by atoms with van der Waals surface area (Å²) >= 11 is 0. The molecule has 0 aliphatic carbocycles. The van der Waals surface area contributed by atoms with E-state index >= 15 is 0 Å². The molecule has 2 N–H and O–H groups in total. The van der Waals surface area contributed by atoms with Crippen molar-refractivity contribution >= 4 is 21.5 Å². The van der Waals surface area contributed by atoms with Crippen molar-refractivity contribution in [1.29, 1.82) is 0 Å². The van der Waals surface area contributed by atoms with Crippen LogP contribution in [0.3, 0.4) is 0 Å². The van der Waals surface area contributed by atoms with Gasteiger partial charge in [-0.1, -0.05) is 60.7 Å². The standard InChI is InChI=1S/C20H14O2.2CH3.Zr/c21-17-11-9-13-5-1-3-7-15(13)19(17)20-16-8-4-2-6-14(16)10-12-18(20)22;;;/h1-12,21-22H;2*1H3;/q;2*-1;+2. The van der Waals surface area contributed by atoms with Gasteiger partial charge in [-0.3, -0.25) is 0 Å². The van der Waals surface area contributed by atoms with Gasteiger partial charge in [0.25, 0.3) is 0 Å².